The van der Waals surface area contributed by atoms with Crippen LogP contribution in [0.15, 0.2) is 34.7 Å². The van der Waals surface area contributed by atoms with Crippen molar-refractivity contribution >= 4 is 32.5 Å². The molecule has 0 bridgehead atoms. The van der Waals surface area contributed by atoms with Crippen molar-refractivity contribution in [1.82, 2.24) is 4.98 Å². The Labute approximate surface area is 132 Å². The number of esters is 1. The molecule has 0 aliphatic rings. The molecule has 22 heavy (non-hydrogen) atoms. The molecule has 118 valence electrons. The van der Waals surface area contributed by atoms with Gasteiger partial charge in [-0.1, -0.05) is 0 Å². The number of carbonyl (C=O) groups excluding carboxylic acids is 1. The van der Waals surface area contributed by atoms with E-state index in [2.05, 4.69) is 9.72 Å². The summed E-state index contributed by atoms with van der Waals surface area (Å²) in [7, 11) is 0.206. The van der Waals surface area contributed by atoms with Crippen LogP contribution in [0.1, 0.15) is 10.4 Å². The summed E-state index contributed by atoms with van der Waals surface area (Å²) in [4.78, 5) is 15.6. The van der Waals surface area contributed by atoms with Gasteiger partial charge in [-0.2, -0.15) is 0 Å². The number of hydrogen-bond donors (Lipinski definition) is 0. The van der Waals surface area contributed by atoms with Crippen LogP contribution in [0.3, 0.4) is 0 Å². The Morgan fingerprint density at radius 2 is 2.05 bits per heavy atom. The van der Waals surface area contributed by atoms with Gasteiger partial charge in [0.15, 0.2) is 5.13 Å². The van der Waals surface area contributed by atoms with Gasteiger partial charge in [0.25, 0.3) is 10.0 Å². The van der Waals surface area contributed by atoms with Crippen LogP contribution in [-0.4, -0.2) is 40.6 Å². The molecule has 9 heteroatoms. The summed E-state index contributed by atoms with van der Waals surface area (Å²) in [6.07, 6.45) is 1.52. The van der Waals surface area contributed by atoms with E-state index in [1.54, 1.807) is 5.38 Å². The first-order valence-corrected chi connectivity index (χ1v) is 8.38. The smallest absolute Gasteiger partial charge is 0.341 e. The quantitative estimate of drug-likeness (QED) is 0.770. The predicted octanol–water partition coefficient (Wildman–Crippen LogP) is 1.76. The predicted molar refractivity (Wildman–Crippen MR) is 82.0 cm³/mol. The number of rotatable bonds is 5. The summed E-state index contributed by atoms with van der Waals surface area (Å²) in [5.74, 6) is -0.477. The van der Waals surface area contributed by atoms with Crippen molar-refractivity contribution in [2.75, 3.05) is 25.6 Å². The Bertz CT molecular complexity index is 772. The van der Waals surface area contributed by atoms with Gasteiger partial charge in [-0.05, 0) is 12.1 Å². The monoisotopic (exact) mass is 342 g/mol. The number of nitrogens with zero attached hydrogens (tertiary/aromatic N) is 2. The second-order valence-electron chi connectivity index (χ2n) is 4.14. The number of carbonyl (C=O) groups is 1. The molecule has 1 aromatic carbocycles. The Morgan fingerprint density at radius 3 is 2.59 bits per heavy atom. The minimum atomic E-state index is -3.79. The minimum Gasteiger partial charge on any atom is -0.496 e. The van der Waals surface area contributed by atoms with Gasteiger partial charge in [-0.3, -0.25) is 0 Å². The SMILES string of the molecule is COC(=O)c1ccc(S(=O)(=O)N(C)c2nccs2)cc1OC. The van der Waals surface area contributed by atoms with Crippen LogP contribution in [0.4, 0.5) is 5.13 Å². The fraction of sp³-hybridized carbons (Fsp3) is 0.231. The van der Waals surface area contributed by atoms with Crippen LogP contribution < -0.4 is 9.04 Å². The topological polar surface area (TPSA) is 85.8 Å². The summed E-state index contributed by atoms with van der Waals surface area (Å²) < 4.78 is 35.9. The number of sulfonamides is 1. The molecule has 0 radical (unpaired) electrons. The van der Waals surface area contributed by atoms with Crippen LogP contribution in [0.2, 0.25) is 0 Å². The summed E-state index contributed by atoms with van der Waals surface area (Å²) in [5.41, 5.74) is 0.154. The summed E-state index contributed by atoms with van der Waals surface area (Å²) in [6, 6.07) is 3.97. The lowest BCUT2D eigenvalue weighted by atomic mass is 10.2. The zero-order valence-electron chi connectivity index (χ0n) is 12.1. The zero-order chi connectivity index (χ0) is 16.3. The molecule has 0 aliphatic carbocycles. The molecular formula is C13H14N2O5S2. The fourth-order valence-corrected chi connectivity index (χ4v) is 3.74. The summed E-state index contributed by atoms with van der Waals surface area (Å²) >= 11 is 1.20. The number of anilines is 1. The van der Waals surface area contributed by atoms with Gasteiger partial charge in [-0.25, -0.2) is 22.5 Å². The van der Waals surface area contributed by atoms with E-state index in [4.69, 9.17) is 4.74 Å². The highest BCUT2D eigenvalue weighted by molar-refractivity contribution is 7.93. The number of benzene rings is 1. The van der Waals surface area contributed by atoms with Crippen LogP contribution in [0.25, 0.3) is 0 Å². The second-order valence-corrected chi connectivity index (χ2v) is 6.98. The van der Waals surface area contributed by atoms with E-state index in [0.29, 0.717) is 5.13 Å². The molecule has 0 saturated heterocycles. The van der Waals surface area contributed by atoms with E-state index in [-0.39, 0.29) is 16.2 Å². The van der Waals surface area contributed by atoms with Gasteiger partial charge < -0.3 is 9.47 Å². The van der Waals surface area contributed by atoms with Crippen LogP contribution in [0.5, 0.6) is 5.75 Å². The average molecular weight is 342 g/mol. The lowest BCUT2D eigenvalue weighted by molar-refractivity contribution is 0.0597. The Kier molecular flexibility index (Phi) is 4.67. The lowest BCUT2D eigenvalue weighted by Gasteiger charge is -2.17. The number of hydrogen-bond acceptors (Lipinski definition) is 7. The number of ether oxygens (including phenoxy) is 2. The highest BCUT2D eigenvalue weighted by Gasteiger charge is 2.25. The van der Waals surface area contributed by atoms with Gasteiger partial charge in [0, 0.05) is 24.7 Å². The molecule has 0 fully saturated rings. The first-order chi connectivity index (χ1) is 10.4. The van der Waals surface area contributed by atoms with Crippen molar-refractivity contribution in [2.24, 2.45) is 0 Å². The van der Waals surface area contributed by atoms with Crippen molar-refractivity contribution in [3.05, 3.63) is 35.3 Å². The van der Waals surface area contributed by atoms with Gasteiger partial charge in [0.1, 0.15) is 11.3 Å². The van der Waals surface area contributed by atoms with Crippen molar-refractivity contribution in [2.45, 2.75) is 4.90 Å². The number of aromatic nitrogens is 1. The Morgan fingerprint density at radius 1 is 1.32 bits per heavy atom. The molecule has 0 N–H and O–H groups in total. The maximum atomic E-state index is 12.6. The van der Waals surface area contributed by atoms with Crippen molar-refractivity contribution in [3.8, 4) is 5.75 Å². The maximum Gasteiger partial charge on any atom is 0.341 e. The van der Waals surface area contributed by atoms with E-state index in [0.717, 1.165) is 4.31 Å². The van der Waals surface area contributed by atoms with E-state index in [9.17, 15) is 13.2 Å². The molecule has 0 aliphatic heterocycles. The van der Waals surface area contributed by atoms with Gasteiger partial charge in [0.2, 0.25) is 0 Å². The second kappa shape index (κ2) is 6.32. The third-order valence-corrected chi connectivity index (χ3v) is 5.63. The lowest BCUT2D eigenvalue weighted by Crippen LogP contribution is -2.26. The minimum absolute atomic E-state index is 0.00490. The van der Waals surface area contributed by atoms with Crippen molar-refractivity contribution in [1.29, 1.82) is 0 Å². The average Bonchev–Trinajstić information content (AvgIpc) is 3.06. The van der Waals surface area contributed by atoms with E-state index < -0.39 is 16.0 Å². The Hall–Kier alpha value is -2.13. The highest BCUT2D eigenvalue weighted by Crippen LogP contribution is 2.28. The standard InChI is InChI=1S/C13H14N2O5S2/c1-15(13-14-6-7-21-13)22(17,18)9-4-5-10(12(16)20-3)11(8-9)19-2/h4-8H,1-3H3. The molecule has 0 spiro atoms. The summed E-state index contributed by atoms with van der Waals surface area (Å²) in [5, 5.41) is 2.03. The largest absolute Gasteiger partial charge is 0.496 e. The maximum absolute atomic E-state index is 12.6. The molecular weight excluding hydrogens is 328 g/mol. The normalized spacial score (nSPS) is 11.0. The van der Waals surface area contributed by atoms with Crippen LogP contribution in [0, 0.1) is 0 Å². The van der Waals surface area contributed by atoms with E-state index >= 15 is 0 Å². The fourth-order valence-electron chi connectivity index (χ4n) is 1.74. The van der Waals surface area contributed by atoms with Crippen LogP contribution >= 0.6 is 11.3 Å². The molecule has 1 heterocycles. The van der Waals surface area contributed by atoms with Crippen LogP contribution in [-0.2, 0) is 14.8 Å². The third kappa shape index (κ3) is 2.90. The zero-order valence-corrected chi connectivity index (χ0v) is 13.8. The molecule has 7 nitrogen and oxygen atoms in total. The summed E-state index contributed by atoms with van der Waals surface area (Å²) in [6.45, 7) is 0. The third-order valence-electron chi connectivity index (χ3n) is 2.93. The van der Waals surface area contributed by atoms with E-state index in [1.165, 1.54) is 57.0 Å². The van der Waals surface area contributed by atoms with E-state index in [1.807, 2.05) is 0 Å². The number of thiazole rings is 1. The molecule has 0 atom stereocenters. The van der Waals surface area contributed by atoms with Gasteiger partial charge in [-0.15, -0.1) is 11.3 Å². The van der Waals surface area contributed by atoms with Crippen molar-refractivity contribution in [3.63, 3.8) is 0 Å². The molecule has 0 saturated carbocycles. The van der Waals surface area contributed by atoms with Gasteiger partial charge in [0.05, 0.1) is 19.1 Å². The Balaban J connectivity index is 2.46. The van der Waals surface area contributed by atoms with Gasteiger partial charge >= 0.3 is 5.97 Å². The molecule has 1 aromatic heterocycles. The molecule has 2 aromatic rings. The number of methoxy groups -OCH3 is 2. The van der Waals surface area contributed by atoms with Crippen molar-refractivity contribution < 1.29 is 22.7 Å². The first kappa shape index (κ1) is 16.2. The highest BCUT2D eigenvalue weighted by atomic mass is 32.2. The molecule has 0 amide bonds. The molecule has 0 unspecified atom stereocenters. The molecule has 2 rings (SSSR count). The first-order valence-electron chi connectivity index (χ1n) is 6.06.